The highest BCUT2D eigenvalue weighted by Crippen LogP contribution is 2.19. The average molecular weight is 273 g/mol. The zero-order chi connectivity index (χ0) is 10.2. The van der Waals surface area contributed by atoms with Crippen molar-refractivity contribution in [2.45, 2.75) is 24.7 Å². The molecule has 0 N–H and O–H groups in total. The highest BCUT2D eigenvalue weighted by atomic mass is 79.9. The summed E-state index contributed by atoms with van der Waals surface area (Å²) in [6.45, 7) is 2.29. The summed E-state index contributed by atoms with van der Waals surface area (Å²) in [7, 11) is 0. The van der Waals surface area contributed by atoms with Gasteiger partial charge in [0.05, 0.1) is 0 Å². The smallest absolute Gasteiger partial charge is 0.00719 e. The molecule has 0 spiro atoms. The Bertz CT molecular complexity index is 235. The van der Waals surface area contributed by atoms with E-state index in [1.165, 1.54) is 23.5 Å². The average Bonchev–Trinajstić information content (AvgIpc) is 2.25. The van der Waals surface area contributed by atoms with E-state index in [0.717, 1.165) is 11.2 Å². The monoisotopic (exact) mass is 272 g/mol. The van der Waals surface area contributed by atoms with E-state index in [1.807, 2.05) is 11.8 Å². The fourth-order valence-electron chi connectivity index (χ4n) is 1.22. The molecule has 0 heterocycles. The van der Waals surface area contributed by atoms with Gasteiger partial charge in [-0.25, -0.2) is 0 Å². The molecule has 0 aliphatic carbocycles. The van der Waals surface area contributed by atoms with Gasteiger partial charge in [-0.1, -0.05) is 41.1 Å². The first-order chi connectivity index (χ1) is 6.83. The van der Waals surface area contributed by atoms with E-state index < -0.39 is 0 Å². The van der Waals surface area contributed by atoms with E-state index >= 15 is 0 Å². The molecule has 1 atom stereocenters. The van der Waals surface area contributed by atoms with Gasteiger partial charge in [-0.2, -0.15) is 0 Å². The Labute approximate surface area is 99.6 Å². The first kappa shape index (κ1) is 12.1. The topological polar surface area (TPSA) is 0 Å². The highest BCUT2D eigenvalue weighted by molar-refractivity contribution is 9.09. The van der Waals surface area contributed by atoms with Crippen LogP contribution in [-0.2, 0) is 0 Å². The molecule has 1 rings (SSSR count). The third-order valence-electron chi connectivity index (χ3n) is 2.12. The number of hydrogen-bond acceptors (Lipinski definition) is 1. The van der Waals surface area contributed by atoms with Crippen LogP contribution in [0.25, 0.3) is 0 Å². The molecular formula is C12H17BrS. The number of halogens is 1. The van der Waals surface area contributed by atoms with Crippen LogP contribution in [0.15, 0.2) is 35.2 Å². The Kier molecular flexibility index (Phi) is 6.37. The Morgan fingerprint density at radius 2 is 2.00 bits per heavy atom. The van der Waals surface area contributed by atoms with Gasteiger partial charge in [-0.05, 0) is 36.6 Å². The normalized spacial score (nSPS) is 12.7. The number of benzene rings is 1. The molecule has 1 aromatic rings. The molecule has 0 radical (unpaired) electrons. The fraction of sp³-hybridized carbons (Fsp3) is 0.500. The molecule has 0 saturated heterocycles. The lowest BCUT2D eigenvalue weighted by Crippen LogP contribution is -1.95. The molecule has 1 aromatic carbocycles. The third-order valence-corrected chi connectivity index (χ3v) is 4.32. The van der Waals surface area contributed by atoms with Gasteiger partial charge < -0.3 is 0 Å². The SMILES string of the molecule is CC(CBr)CCCSc1ccccc1. The lowest BCUT2D eigenvalue weighted by Gasteiger charge is -2.06. The molecule has 14 heavy (non-hydrogen) atoms. The summed E-state index contributed by atoms with van der Waals surface area (Å²) >= 11 is 5.46. The predicted molar refractivity (Wildman–Crippen MR) is 69.4 cm³/mol. The molecule has 0 nitrogen and oxygen atoms in total. The molecule has 0 amide bonds. The molecule has 0 bridgehead atoms. The summed E-state index contributed by atoms with van der Waals surface area (Å²) in [6, 6.07) is 10.6. The van der Waals surface area contributed by atoms with Crippen molar-refractivity contribution in [2.24, 2.45) is 5.92 Å². The second-order valence-corrected chi connectivity index (χ2v) is 5.38. The van der Waals surface area contributed by atoms with Crippen LogP contribution in [0.2, 0.25) is 0 Å². The Hall–Kier alpha value is 0.0500. The van der Waals surface area contributed by atoms with E-state index in [9.17, 15) is 0 Å². The number of thioether (sulfide) groups is 1. The molecule has 1 unspecified atom stereocenters. The van der Waals surface area contributed by atoms with Gasteiger partial charge in [0.25, 0.3) is 0 Å². The van der Waals surface area contributed by atoms with Crippen LogP contribution in [0.4, 0.5) is 0 Å². The lowest BCUT2D eigenvalue weighted by atomic mass is 10.1. The van der Waals surface area contributed by atoms with Crippen LogP contribution < -0.4 is 0 Å². The first-order valence-corrected chi connectivity index (χ1v) is 7.17. The van der Waals surface area contributed by atoms with Gasteiger partial charge in [0, 0.05) is 10.2 Å². The van der Waals surface area contributed by atoms with Crippen LogP contribution in [-0.4, -0.2) is 11.1 Å². The highest BCUT2D eigenvalue weighted by Gasteiger charge is 1.99. The Balaban J connectivity index is 2.10. The van der Waals surface area contributed by atoms with Crippen molar-refractivity contribution in [3.05, 3.63) is 30.3 Å². The molecule has 0 fully saturated rings. The van der Waals surface area contributed by atoms with E-state index in [0.29, 0.717) is 0 Å². The summed E-state index contributed by atoms with van der Waals surface area (Å²) in [6.07, 6.45) is 2.64. The van der Waals surface area contributed by atoms with E-state index in [2.05, 4.69) is 53.2 Å². The van der Waals surface area contributed by atoms with E-state index in [4.69, 9.17) is 0 Å². The molecule has 78 valence electrons. The number of rotatable bonds is 6. The number of alkyl halides is 1. The minimum atomic E-state index is 0.811. The zero-order valence-electron chi connectivity index (χ0n) is 8.58. The van der Waals surface area contributed by atoms with Gasteiger partial charge in [0.2, 0.25) is 0 Å². The van der Waals surface area contributed by atoms with Crippen molar-refractivity contribution in [1.82, 2.24) is 0 Å². The molecule has 2 heteroatoms. The molecular weight excluding hydrogens is 256 g/mol. The van der Waals surface area contributed by atoms with E-state index in [1.54, 1.807) is 0 Å². The lowest BCUT2D eigenvalue weighted by molar-refractivity contribution is 0.592. The Morgan fingerprint density at radius 3 is 2.64 bits per heavy atom. The summed E-state index contributed by atoms with van der Waals surface area (Å²) in [5.74, 6) is 2.05. The van der Waals surface area contributed by atoms with Crippen LogP contribution in [0, 0.1) is 5.92 Å². The van der Waals surface area contributed by atoms with E-state index in [-0.39, 0.29) is 0 Å². The maximum atomic E-state index is 3.50. The standard InChI is InChI=1S/C12H17BrS/c1-11(10-13)6-5-9-14-12-7-3-2-4-8-12/h2-4,7-8,11H,5-6,9-10H2,1H3. The minimum absolute atomic E-state index is 0.811. The van der Waals surface area contributed by atoms with Crippen molar-refractivity contribution in [3.63, 3.8) is 0 Å². The Morgan fingerprint density at radius 1 is 1.29 bits per heavy atom. The van der Waals surface area contributed by atoms with Crippen LogP contribution in [0.5, 0.6) is 0 Å². The van der Waals surface area contributed by atoms with Gasteiger partial charge in [-0.15, -0.1) is 11.8 Å². The maximum Gasteiger partial charge on any atom is 0.00719 e. The van der Waals surface area contributed by atoms with Crippen molar-refractivity contribution in [1.29, 1.82) is 0 Å². The van der Waals surface area contributed by atoms with Gasteiger partial charge in [0.15, 0.2) is 0 Å². The zero-order valence-corrected chi connectivity index (χ0v) is 11.0. The third kappa shape index (κ3) is 5.06. The number of hydrogen-bond donors (Lipinski definition) is 0. The van der Waals surface area contributed by atoms with Crippen LogP contribution >= 0.6 is 27.7 Å². The molecule has 0 aliphatic rings. The molecule has 0 aromatic heterocycles. The van der Waals surface area contributed by atoms with Crippen molar-refractivity contribution < 1.29 is 0 Å². The second kappa shape index (κ2) is 7.36. The molecule has 0 saturated carbocycles. The van der Waals surface area contributed by atoms with Gasteiger partial charge >= 0.3 is 0 Å². The van der Waals surface area contributed by atoms with Gasteiger partial charge in [0.1, 0.15) is 0 Å². The summed E-state index contributed by atoms with van der Waals surface area (Å²) in [5.41, 5.74) is 0. The van der Waals surface area contributed by atoms with Gasteiger partial charge in [-0.3, -0.25) is 0 Å². The molecule has 0 aliphatic heterocycles. The van der Waals surface area contributed by atoms with Crippen molar-refractivity contribution in [3.8, 4) is 0 Å². The first-order valence-electron chi connectivity index (χ1n) is 5.06. The quantitative estimate of drug-likeness (QED) is 0.415. The predicted octanol–water partition coefficient (Wildman–Crippen LogP) is 4.59. The van der Waals surface area contributed by atoms with Crippen molar-refractivity contribution >= 4 is 27.7 Å². The second-order valence-electron chi connectivity index (χ2n) is 3.56. The van der Waals surface area contributed by atoms with Crippen LogP contribution in [0.1, 0.15) is 19.8 Å². The van der Waals surface area contributed by atoms with Crippen molar-refractivity contribution in [2.75, 3.05) is 11.1 Å². The minimum Gasteiger partial charge on any atom is -0.126 e. The summed E-state index contributed by atoms with van der Waals surface area (Å²) < 4.78 is 0. The maximum absolute atomic E-state index is 3.50. The van der Waals surface area contributed by atoms with Crippen LogP contribution in [0.3, 0.4) is 0 Å². The summed E-state index contributed by atoms with van der Waals surface area (Å²) in [5, 5.41) is 1.13. The summed E-state index contributed by atoms with van der Waals surface area (Å²) in [4.78, 5) is 1.39. The fourth-order valence-corrected chi connectivity index (χ4v) is 2.44. The largest absolute Gasteiger partial charge is 0.126 e.